The van der Waals surface area contributed by atoms with Crippen LogP contribution in [0.25, 0.3) is 0 Å². The van der Waals surface area contributed by atoms with Crippen LogP contribution in [0, 0.1) is 13.8 Å². The third kappa shape index (κ3) is 2.93. The number of methoxy groups -OCH3 is 1. The van der Waals surface area contributed by atoms with Crippen molar-refractivity contribution in [3.63, 3.8) is 0 Å². The maximum absolute atomic E-state index is 11.5. The number of hydrogen-bond donors (Lipinski definition) is 2. The lowest BCUT2D eigenvalue weighted by Crippen LogP contribution is -2.01. The predicted molar refractivity (Wildman–Crippen MR) is 75.0 cm³/mol. The standard InChI is InChI=1S/C15H17NO4/c1-9-6-11(17)4-5-14(9)16-8-12-7-13(10(2)20-12)15(18)19-3/h4-7,16-17H,8H2,1-3H3. The summed E-state index contributed by atoms with van der Waals surface area (Å²) in [6, 6.07) is 6.75. The molecule has 2 rings (SSSR count). The van der Waals surface area contributed by atoms with Gasteiger partial charge in [0.15, 0.2) is 0 Å². The predicted octanol–water partition coefficient (Wildman–Crippen LogP) is 3.00. The Morgan fingerprint density at radius 1 is 1.35 bits per heavy atom. The summed E-state index contributed by atoms with van der Waals surface area (Å²) in [5, 5.41) is 12.5. The Hall–Kier alpha value is -2.43. The normalized spacial score (nSPS) is 10.3. The molecule has 0 unspecified atom stereocenters. The first-order valence-electron chi connectivity index (χ1n) is 6.22. The van der Waals surface area contributed by atoms with Crippen LogP contribution in [0.1, 0.15) is 27.4 Å². The summed E-state index contributed by atoms with van der Waals surface area (Å²) in [4.78, 5) is 11.5. The largest absolute Gasteiger partial charge is 0.508 e. The summed E-state index contributed by atoms with van der Waals surface area (Å²) in [5.74, 6) is 1.01. The van der Waals surface area contributed by atoms with Gasteiger partial charge in [0.05, 0.1) is 13.7 Å². The molecule has 5 heteroatoms. The minimum atomic E-state index is -0.404. The highest BCUT2D eigenvalue weighted by atomic mass is 16.5. The molecule has 0 radical (unpaired) electrons. The van der Waals surface area contributed by atoms with Crippen molar-refractivity contribution in [1.29, 1.82) is 0 Å². The number of aryl methyl sites for hydroxylation is 2. The second kappa shape index (κ2) is 5.69. The first-order valence-corrected chi connectivity index (χ1v) is 6.22. The first-order chi connectivity index (χ1) is 9.51. The van der Waals surface area contributed by atoms with Crippen LogP contribution in [-0.4, -0.2) is 18.2 Å². The summed E-state index contributed by atoms with van der Waals surface area (Å²) in [7, 11) is 1.34. The Balaban J connectivity index is 2.09. The summed E-state index contributed by atoms with van der Waals surface area (Å²) >= 11 is 0. The lowest BCUT2D eigenvalue weighted by atomic mass is 10.2. The number of rotatable bonds is 4. The average Bonchev–Trinajstić information content (AvgIpc) is 2.78. The number of carbonyl (C=O) groups excluding carboxylic acids is 1. The molecule has 0 atom stereocenters. The molecule has 0 spiro atoms. The number of furan rings is 1. The molecule has 2 aromatic rings. The maximum atomic E-state index is 11.5. The number of anilines is 1. The molecule has 1 heterocycles. The molecular formula is C15H17NO4. The van der Waals surface area contributed by atoms with Crippen molar-refractivity contribution < 1.29 is 19.1 Å². The van der Waals surface area contributed by atoms with Crippen LogP contribution in [0.4, 0.5) is 5.69 Å². The van der Waals surface area contributed by atoms with E-state index in [2.05, 4.69) is 10.1 Å². The van der Waals surface area contributed by atoms with E-state index in [4.69, 9.17) is 4.42 Å². The number of aromatic hydroxyl groups is 1. The monoisotopic (exact) mass is 275 g/mol. The van der Waals surface area contributed by atoms with Crippen molar-refractivity contribution in [3.05, 3.63) is 46.9 Å². The van der Waals surface area contributed by atoms with Gasteiger partial charge in [0.2, 0.25) is 0 Å². The van der Waals surface area contributed by atoms with Crippen LogP contribution >= 0.6 is 0 Å². The Morgan fingerprint density at radius 3 is 2.75 bits per heavy atom. The van der Waals surface area contributed by atoms with E-state index in [0.29, 0.717) is 23.6 Å². The highest BCUT2D eigenvalue weighted by Gasteiger charge is 2.15. The number of ether oxygens (including phenoxy) is 1. The highest BCUT2D eigenvalue weighted by molar-refractivity contribution is 5.90. The van der Waals surface area contributed by atoms with Gasteiger partial charge in [-0.25, -0.2) is 4.79 Å². The van der Waals surface area contributed by atoms with Crippen LogP contribution in [0.3, 0.4) is 0 Å². The van der Waals surface area contributed by atoms with Gasteiger partial charge < -0.3 is 19.6 Å². The number of benzene rings is 1. The fourth-order valence-corrected chi connectivity index (χ4v) is 1.97. The van der Waals surface area contributed by atoms with E-state index in [9.17, 15) is 9.90 Å². The number of nitrogens with one attached hydrogen (secondary N) is 1. The quantitative estimate of drug-likeness (QED) is 0.663. The van der Waals surface area contributed by atoms with Gasteiger partial charge in [-0.2, -0.15) is 0 Å². The number of phenolic OH excluding ortho intramolecular Hbond substituents is 1. The lowest BCUT2D eigenvalue weighted by molar-refractivity contribution is 0.0599. The van der Waals surface area contributed by atoms with Gasteiger partial charge in [0.25, 0.3) is 0 Å². The molecule has 0 saturated carbocycles. The van der Waals surface area contributed by atoms with Crippen molar-refractivity contribution in [3.8, 4) is 5.75 Å². The van der Waals surface area contributed by atoms with E-state index in [-0.39, 0.29) is 5.75 Å². The number of phenols is 1. The van der Waals surface area contributed by atoms with Crippen LogP contribution < -0.4 is 5.32 Å². The first kappa shape index (κ1) is 14.0. The summed E-state index contributed by atoms with van der Waals surface area (Å²) in [5.41, 5.74) is 2.27. The van der Waals surface area contributed by atoms with Gasteiger partial charge in [-0.05, 0) is 43.7 Å². The number of hydrogen-bond acceptors (Lipinski definition) is 5. The lowest BCUT2D eigenvalue weighted by Gasteiger charge is -2.08. The minimum absolute atomic E-state index is 0.231. The van der Waals surface area contributed by atoms with Crippen molar-refractivity contribution in [2.45, 2.75) is 20.4 Å². The Morgan fingerprint density at radius 2 is 2.10 bits per heavy atom. The van der Waals surface area contributed by atoms with Crippen molar-refractivity contribution in [2.24, 2.45) is 0 Å². The van der Waals surface area contributed by atoms with Crippen molar-refractivity contribution in [2.75, 3.05) is 12.4 Å². The third-order valence-corrected chi connectivity index (χ3v) is 3.04. The fourth-order valence-electron chi connectivity index (χ4n) is 1.97. The van der Waals surface area contributed by atoms with Crippen LogP contribution in [0.2, 0.25) is 0 Å². The minimum Gasteiger partial charge on any atom is -0.508 e. The van der Waals surface area contributed by atoms with E-state index < -0.39 is 5.97 Å². The molecule has 0 bridgehead atoms. The fraction of sp³-hybridized carbons (Fsp3) is 0.267. The van der Waals surface area contributed by atoms with Crippen molar-refractivity contribution >= 4 is 11.7 Å². The third-order valence-electron chi connectivity index (χ3n) is 3.04. The molecule has 1 aromatic heterocycles. The molecule has 0 amide bonds. The van der Waals surface area contributed by atoms with Gasteiger partial charge in [-0.15, -0.1) is 0 Å². The van der Waals surface area contributed by atoms with Crippen molar-refractivity contribution in [1.82, 2.24) is 0 Å². The Kier molecular flexibility index (Phi) is 3.98. The molecule has 1 aromatic carbocycles. The topological polar surface area (TPSA) is 71.7 Å². The van der Waals surface area contributed by atoms with Gasteiger partial charge in [-0.1, -0.05) is 0 Å². The highest BCUT2D eigenvalue weighted by Crippen LogP contribution is 2.22. The molecule has 2 N–H and O–H groups in total. The van der Waals surface area contributed by atoms with Gasteiger partial charge in [-0.3, -0.25) is 0 Å². The van der Waals surface area contributed by atoms with Crippen LogP contribution in [-0.2, 0) is 11.3 Å². The van der Waals surface area contributed by atoms with Gasteiger partial charge in [0, 0.05) is 5.69 Å². The summed E-state index contributed by atoms with van der Waals surface area (Å²) < 4.78 is 10.2. The molecular weight excluding hydrogens is 258 g/mol. The zero-order valence-electron chi connectivity index (χ0n) is 11.7. The van der Waals surface area contributed by atoms with E-state index in [1.54, 1.807) is 31.2 Å². The summed E-state index contributed by atoms with van der Waals surface area (Å²) in [6.45, 7) is 4.07. The summed E-state index contributed by atoms with van der Waals surface area (Å²) in [6.07, 6.45) is 0. The Labute approximate surface area is 117 Å². The SMILES string of the molecule is COC(=O)c1cc(CNc2ccc(O)cc2C)oc1C. The van der Waals surface area contributed by atoms with E-state index in [1.807, 2.05) is 6.92 Å². The molecule has 5 nitrogen and oxygen atoms in total. The van der Waals surface area contributed by atoms with Gasteiger partial charge >= 0.3 is 5.97 Å². The molecule has 0 saturated heterocycles. The molecule has 0 aliphatic heterocycles. The van der Waals surface area contributed by atoms with E-state index >= 15 is 0 Å². The smallest absolute Gasteiger partial charge is 0.341 e. The second-order valence-corrected chi connectivity index (χ2v) is 4.53. The van der Waals surface area contributed by atoms with E-state index in [1.165, 1.54) is 7.11 Å². The Bertz CT molecular complexity index is 631. The molecule has 0 fully saturated rings. The number of esters is 1. The van der Waals surface area contributed by atoms with Crippen LogP contribution in [0.15, 0.2) is 28.7 Å². The number of carbonyl (C=O) groups is 1. The average molecular weight is 275 g/mol. The zero-order valence-corrected chi connectivity index (χ0v) is 11.7. The molecule has 0 aliphatic carbocycles. The molecule has 0 aliphatic rings. The zero-order chi connectivity index (χ0) is 14.7. The van der Waals surface area contributed by atoms with Crippen LogP contribution in [0.5, 0.6) is 5.75 Å². The van der Waals surface area contributed by atoms with Gasteiger partial charge in [0.1, 0.15) is 22.8 Å². The molecule has 20 heavy (non-hydrogen) atoms. The second-order valence-electron chi connectivity index (χ2n) is 4.53. The molecule has 106 valence electrons. The van der Waals surface area contributed by atoms with E-state index in [0.717, 1.165) is 11.3 Å². The maximum Gasteiger partial charge on any atom is 0.341 e.